The molecule has 0 N–H and O–H groups in total. The molecule has 0 aromatic heterocycles. The van der Waals surface area contributed by atoms with E-state index in [-0.39, 0.29) is 5.91 Å². The first-order chi connectivity index (χ1) is 10.3. The molecule has 0 unspecified atom stereocenters. The lowest BCUT2D eigenvalue weighted by Crippen LogP contribution is -2.47. The first-order valence-corrected chi connectivity index (χ1v) is 8.43. The smallest absolute Gasteiger partial charge is 0.253 e. The maximum absolute atomic E-state index is 12.4. The van der Waals surface area contributed by atoms with Crippen LogP contribution in [0.2, 0.25) is 0 Å². The molecular weight excluding hydrogens is 260 g/mol. The van der Waals surface area contributed by atoms with E-state index in [0.717, 1.165) is 31.5 Å². The summed E-state index contributed by atoms with van der Waals surface area (Å²) in [4.78, 5) is 17.2. The predicted octanol–water partition coefficient (Wildman–Crippen LogP) is 3.17. The van der Waals surface area contributed by atoms with Crippen LogP contribution in [0, 0.1) is 0 Å². The molecule has 2 fully saturated rings. The van der Waals surface area contributed by atoms with E-state index in [0.29, 0.717) is 6.04 Å². The van der Waals surface area contributed by atoms with Crippen molar-refractivity contribution in [2.75, 3.05) is 26.2 Å². The number of hydrogen-bond donors (Lipinski definition) is 0. The van der Waals surface area contributed by atoms with Crippen molar-refractivity contribution in [2.24, 2.45) is 0 Å². The number of carbonyl (C=O) groups is 1. The molecule has 2 aliphatic rings. The van der Waals surface area contributed by atoms with Crippen LogP contribution in [-0.2, 0) is 0 Å². The second kappa shape index (κ2) is 7.08. The molecule has 0 saturated carbocycles. The van der Waals surface area contributed by atoms with Gasteiger partial charge in [-0.05, 0) is 50.9 Å². The molecule has 0 bridgehead atoms. The van der Waals surface area contributed by atoms with Gasteiger partial charge in [0.15, 0.2) is 0 Å². The molecule has 21 heavy (non-hydrogen) atoms. The van der Waals surface area contributed by atoms with E-state index in [2.05, 4.69) is 4.90 Å². The summed E-state index contributed by atoms with van der Waals surface area (Å²) in [5, 5.41) is 0. The fourth-order valence-corrected chi connectivity index (χ4v) is 3.66. The Labute approximate surface area is 127 Å². The van der Waals surface area contributed by atoms with Crippen LogP contribution >= 0.6 is 0 Å². The molecular formula is C18H26N2O. The molecule has 2 saturated heterocycles. The fraction of sp³-hybridized carbons (Fsp3) is 0.611. The van der Waals surface area contributed by atoms with Gasteiger partial charge in [-0.1, -0.05) is 31.0 Å². The van der Waals surface area contributed by atoms with Crippen molar-refractivity contribution in [3.05, 3.63) is 35.9 Å². The van der Waals surface area contributed by atoms with Gasteiger partial charge < -0.3 is 9.80 Å². The van der Waals surface area contributed by atoms with Gasteiger partial charge in [0, 0.05) is 24.7 Å². The van der Waals surface area contributed by atoms with Gasteiger partial charge in [-0.3, -0.25) is 4.79 Å². The lowest BCUT2D eigenvalue weighted by Gasteiger charge is -2.38. The van der Waals surface area contributed by atoms with Gasteiger partial charge in [-0.15, -0.1) is 0 Å². The first-order valence-electron chi connectivity index (χ1n) is 8.43. The number of nitrogens with zero attached hydrogens (tertiary/aromatic N) is 2. The van der Waals surface area contributed by atoms with Gasteiger partial charge >= 0.3 is 0 Å². The van der Waals surface area contributed by atoms with E-state index in [1.807, 2.05) is 35.2 Å². The first kappa shape index (κ1) is 14.6. The number of rotatable bonds is 2. The van der Waals surface area contributed by atoms with Crippen LogP contribution in [0.4, 0.5) is 0 Å². The molecule has 1 amide bonds. The minimum Gasteiger partial charge on any atom is -0.339 e. The Hall–Kier alpha value is -1.35. The van der Waals surface area contributed by atoms with Crippen molar-refractivity contribution in [2.45, 2.75) is 44.6 Å². The Morgan fingerprint density at radius 3 is 2.10 bits per heavy atom. The molecule has 0 spiro atoms. The Morgan fingerprint density at radius 1 is 0.857 bits per heavy atom. The third-order valence-corrected chi connectivity index (χ3v) is 4.93. The van der Waals surface area contributed by atoms with E-state index >= 15 is 0 Å². The van der Waals surface area contributed by atoms with Crippen molar-refractivity contribution in [1.82, 2.24) is 9.80 Å². The molecule has 0 radical (unpaired) electrons. The van der Waals surface area contributed by atoms with Crippen molar-refractivity contribution >= 4 is 5.91 Å². The second-order valence-corrected chi connectivity index (χ2v) is 6.34. The van der Waals surface area contributed by atoms with Gasteiger partial charge in [0.25, 0.3) is 5.91 Å². The van der Waals surface area contributed by atoms with Crippen LogP contribution in [0.15, 0.2) is 30.3 Å². The topological polar surface area (TPSA) is 23.6 Å². The molecule has 114 valence electrons. The van der Waals surface area contributed by atoms with Crippen LogP contribution in [0.3, 0.4) is 0 Å². The van der Waals surface area contributed by atoms with Crippen LogP contribution < -0.4 is 0 Å². The average molecular weight is 286 g/mol. The van der Waals surface area contributed by atoms with Crippen LogP contribution in [0.5, 0.6) is 0 Å². The highest BCUT2D eigenvalue weighted by Gasteiger charge is 2.27. The summed E-state index contributed by atoms with van der Waals surface area (Å²) in [5.41, 5.74) is 0.825. The zero-order valence-electron chi connectivity index (χ0n) is 12.8. The lowest BCUT2D eigenvalue weighted by atomic mass is 10.0. The summed E-state index contributed by atoms with van der Waals surface area (Å²) in [6.07, 6.45) is 7.76. The fourth-order valence-electron chi connectivity index (χ4n) is 3.66. The van der Waals surface area contributed by atoms with Crippen LogP contribution in [0.1, 0.15) is 48.9 Å². The van der Waals surface area contributed by atoms with Gasteiger partial charge in [0.1, 0.15) is 0 Å². The van der Waals surface area contributed by atoms with Crippen molar-refractivity contribution in [3.8, 4) is 0 Å². The van der Waals surface area contributed by atoms with Gasteiger partial charge in [-0.25, -0.2) is 0 Å². The number of benzene rings is 1. The normalized spacial score (nSPS) is 22.0. The maximum atomic E-state index is 12.4. The SMILES string of the molecule is O=C(c1ccccc1)N1CCC(N2CCCCCC2)CC1. The Kier molecular flexibility index (Phi) is 4.91. The number of amides is 1. The minimum absolute atomic E-state index is 0.199. The largest absolute Gasteiger partial charge is 0.339 e. The number of piperidine rings is 1. The molecule has 3 rings (SSSR count). The van der Waals surface area contributed by atoms with E-state index < -0.39 is 0 Å². The summed E-state index contributed by atoms with van der Waals surface area (Å²) in [7, 11) is 0. The third kappa shape index (κ3) is 3.65. The van der Waals surface area contributed by atoms with Crippen LogP contribution in [0.25, 0.3) is 0 Å². The average Bonchev–Trinajstić information content (AvgIpc) is 2.84. The Morgan fingerprint density at radius 2 is 1.48 bits per heavy atom. The zero-order chi connectivity index (χ0) is 14.5. The quantitative estimate of drug-likeness (QED) is 0.833. The van der Waals surface area contributed by atoms with E-state index in [4.69, 9.17) is 0 Å². The highest BCUT2D eigenvalue weighted by Crippen LogP contribution is 2.21. The van der Waals surface area contributed by atoms with Crippen molar-refractivity contribution < 1.29 is 4.79 Å². The molecule has 3 nitrogen and oxygen atoms in total. The monoisotopic (exact) mass is 286 g/mol. The summed E-state index contributed by atoms with van der Waals surface area (Å²) in [5.74, 6) is 0.199. The number of likely N-dealkylation sites (tertiary alicyclic amines) is 2. The molecule has 3 heteroatoms. The number of hydrogen-bond acceptors (Lipinski definition) is 2. The maximum Gasteiger partial charge on any atom is 0.253 e. The standard InChI is InChI=1S/C18H26N2O/c21-18(16-8-4-3-5-9-16)20-14-10-17(11-15-20)19-12-6-1-2-7-13-19/h3-5,8-9,17H,1-2,6-7,10-15H2. The molecule has 2 heterocycles. The zero-order valence-corrected chi connectivity index (χ0v) is 12.8. The molecule has 1 aromatic carbocycles. The molecule has 0 aliphatic carbocycles. The number of carbonyl (C=O) groups excluding carboxylic acids is 1. The van der Waals surface area contributed by atoms with Gasteiger partial charge in [-0.2, -0.15) is 0 Å². The van der Waals surface area contributed by atoms with Crippen molar-refractivity contribution in [1.29, 1.82) is 0 Å². The van der Waals surface area contributed by atoms with Gasteiger partial charge in [0.05, 0.1) is 0 Å². The summed E-state index contributed by atoms with van der Waals surface area (Å²) >= 11 is 0. The van der Waals surface area contributed by atoms with E-state index in [1.165, 1.54) is 38.8 Å². The third-order valence-electron chi connectivity index (χ3n) is 4.93. The molecule has 2 aliphatic heterocycles. The van der Waals surface area contributed by atoms with E-state index in [9.17, 15) is 4.79 Å². The Bertz CT molecular complexity index is 444. The summed E-state index contributed by atoms with van der Waals surface area (Å²) in [6, 6.07) is 10.4. The second-order valence-electron chi connectivity index (χ2n) is 6.34. The van der Waals surface area contributed by atoms with Gasteiger partial charge in [0.2, 0.25) is 0 Å². The summed E-state index contributed by atoms with van der Waals surface area (Å²) < 4.78 is 0. The van der Waals surface area contributed by atoms with E-state index in [1.54, 1.807) is 0 Å². The predicted molar refractivity (Wildman–Crippen MR) is 85.4 cm³/mol. The lowest BCUT2D eigenvalue weighted by molar-refractivity contribution is 0.0623. The highest BCUT2D eigenvalue weighted by molar-refractivity contribution is 5.94. The molecule has 1 aromatic rings. The van der Waals surface area contributed by atoms with Crippen molar-refractivity contribution in [3.63, 3.8) is 0 Å². The minimum atomic E-state index is 0.199. The van der Waals surface area contributed by atoms with Crippen LogP contribution in [-0.4, -0.2) is 47.9 Å². The molecule has 0 atom stereocenters. The summed E-state index contributed by atoms with van der Waals surface area (Å²) in [6.45, 7) is 4.35. The Balaban J connectivity index is 1.54. The highest BCUT2D eigenvalue weighted by atomic mass is 16.2.